The minimum atomic E-state index is -1.78. The average Bonchev–Trinajstić information content (AvgIpc) is 3.03. The number of hydrogen-bond donors (Lipinski definition) is 9. The minimum absolute atomic E-state index is 0.267. The zero-order valence-corrected chi connectivity index (χ0v) is 26.6. The predicted molar refractivity (Wildman–Crippen MR) is 162 cm³/mol. The van der Waals surface area contributed by atoms with E-state index in [1.807, 2.05) is 13.0 Å². The lowest BCUT2D eigenvalue weighted by Gasteiger charge is -2.46. The van der Waals surface area contributed by atoms with Crippen molar-refractivity contribution >= 4 is 5.91 Å². The maximum absolute atomic E-state index is 12.6. The molecule has 0 aromatic carbocycles. The number of rotatable bonds is 21. The molecule has 2 heterocycles. The van der Waals surface area contributed by atoms with Crippen LogP contribution < -0.4 is 5.32 Å². The van der Waals surface area contributed by atoms with Crippen LogP contribution in [0.3, 0.4) is 0 Å². The Balaban J connectivity index is 2.02. The van der Waals surface area contributed by atoms with E-state index in [1.165, 1.54) is 19.3 Å². The van der Waals surface area contributed by atoms with Gasteiger partial charge in [0, 0.05) is 6.42 Å². The molecule has 2 rings (SSSR count). The van der Waals surface area contributed by atoms with E-state index in [2.05, 4.69) is 12.2 Å². The summed E-state index contributed by atoms with van der Waals surface area (Å²) in [6.45, 7) is 2.48. The molecule has 0 aliphatic carbocycles. The number of amides is 1. The molecule has 0 aromatic heterocycles. The molecule has 2 saturated heterocycles. The number of aliphatic hydroxyl groups is 8. The first-order chi connectivity index (χ1) is 21.6. The summed E-state index contributed by atoms with van der Waals surface area (Å²) in [5, 5.41) is 85.1. The van der Waals surface area contributed by atoms with E-state index in [1.54, 1.807) is 6.08 Å². The van der Waals surface area contributed by atoms with Gasteiger partial charge >= 0.3 is 0 Å². The second-order valence-corrected chi connectivity index (χ2v) is 11.9. The van der Waals surface area contributed by atoms with Crippen molar-refractivity contribution < 1.29 is 64.6 Å². The SMILES string of the molecule is CCCCCCCC/C=C/C(O)C(COC1OC(CO)C(OC2OC(CO)C(O)C(O)C2O)C(O)C1O)NC(=O)CCCCC. The molecule has 2 aliphatic rings. The lowest BCUT2D eigenvalue weighted by molar-refractivity contribution is -0.359. The smallest absolute Gasteiger partial charge is 0.220 e. The highest BCUT2D eigenvalue weighted by atomic mass is 16.7. The summed E-state index contributed by atoms with van der Waals surface area (Å²) in [6.07, 6.45) is -3.09. The van der Waals surface area contributed by atoms with E-state index in [9.17, 15) is 45.6 Å². The summed E-state index contributed by atoms with van der Waals surface area (Å²) in [5.74, 6) is -0.271. The topological polar surface area (TPSA) is 228 Å². The van der Waals surface area contributed by atoms with Gasteiger partial charge in [0.1, 0.15) is 48.8 Å². The van der Waals surface area contributed by atoms with Gasteiger partial charge in [0.15, 0.2) is 12.6 Å². The van der Waals surface area contributed by atoms with Crippen LogP contribution in [0.2, 0.25) is 0 Å². The number of nitrogens with one attached hydrogen (secondary N) is 1. The van der Waals surface area contributed by atoms with Crippen LogP contribution in [0.15, 0.2) is 12.2 Å². The van der Waals surface area contributed by atoms with Gasteiger partial charge in [-0.05, 0) is 19.3 Å². The standard InChI is InChI=1S/C31H57NO13/c1-3-5-7-8-9-10-11-13-14-20(35)19(32-23(36)15-12-6-4-2)18-42-30-28(41)26(39)29(22(17-34)44-30)45-31-27(40)25(38)24(37)21(16-33)43-31/h13-14,19-22,24-31,33-35,37-41H,3-12,15-18H2,1-2H3,(H,32,36)/b14-13+. The van der Waals surface area contributed by atoms with E-state index < -0.39 is 86.8 Å². The van der Waals surface area contributed by atoms with Crippen molar-refractivity contribution in [2.45, 2.75) is 158 Å². The first kappa shape index (κ1) is 39.9. The molecule has 14 heteroatoms. The highest BCUT2D eigenvalue weighted by Gasteiger charge is 2.50. The molecule has 45 heavy (non-hydrogen) atoms. The fraction of sp³-hybridized carbons (Fsp3) is 0.903. The molecule has 0 saturated carbocycles. The number of hydrogen-bond acceptors (Lipinski definition) is 13. The van der Waals surface area contributed by atoms with Gasteiger partial charge in [0.2, 0.25) is 5.91 Å². The van der Waals surface area contributed by atoms with Gasteiger partial charge in [-0.15, -0.1) is 0 Å². The Labute approximate surface area is 266 Å². The first-order valence-corrected chi connectivity index (χ1v) is 16.4. The maximum Gasteiger partial charge on any atom is 0.220 e. The van der Waals surface area contributed by atoms with Crippen LogP contribution in [0, 0.1) is 0 Å². The molecule has 12 atom stereocenters. The van der Waals surface area contributed by atoms with Crippen LogP contribution in [0.5, 0.6) is 0 Å². The maximum atomic E-state index is 12.6. The first-order valence-electron chi connectivity index (χ1n) is 16.4. The van der Waals surface area contributed by atoms with Crippen LogP contribution in [-0.4, -0.2) is 140 Å². The molecule has 9 N–H and O–H groups in total. The Bertz CT molecular complexity index is 831. The third-order valence-corrected chi connectivity index (χ3v) is 8.22. The molecule has 0 bridgehead atoms. The fourth-order valence-corrected chi connectivity index (χ4v) is 5.34. The molecule has 12 unspecified atom stereocenters. The third-order valence-electron chi connectivity index (χ3n) is 8.22. The molecule has 2 fully saturated rings. The van der Waals surface area contributed by atoms with E-state index in [0.29, 0.717) is 6.42 Å². The zero-order valence-electron chi connectivity index (χ0n) is 26.6. The zero-order chi connectivity index (χ0) is 33.4. The van der Waals surface area contributed by atoms with E-state index >= 15 is 0 Å². The summed E-state index contributed by atoms with van der Waals surface area (Å²) >= 11 is 0. The fourth-order valence-electron chi connectivity index (χ4n) is 5.34. The Morgan fingerprint density at radius 1 is 0.778 bits per heavy atom. The minimum Gasteiger partial charge on any atom is -0.394 e. The molecule has 2 aliphatic heterocycles. The monoisotopic (exact) mass is 651 g/mol. The number of allylic oxidation sites excluding steroid dienone is 1. The van der Waals surface area contributed by atoms with Crippen molar-refractivity contribution in [1.29, 1.82) is 0 Å². The molecule has 0 radical (unpaired) electrons. The molecule has 14 nitrogen and oxygen atoms in total. The molecule has 264 valence electrons. The molecule has 0 aromatic rings. The van der Waals surface area contributed by atoms with Crippen molar-refractivity contribution in [2.75, 3.05) is 19.8 Å². The lowest BCUT2D eigenvalue weighted by atomic mass is 9.97. The Morgan fingerprint density at radius 3 is 2.04 bits per heavy atom. The van der Waals surface area contributed by atoms with Gasteiger partial charge in [-0.2, -0.15) is 0 Å². The second-order valence-electron chi connectivity index (χ2n) is 11.9. The summed E-state index contributed by atoms with van der Waals surface area (Å²) < 4.78 is 22.3. The van der Waals surface area contributed by atoms with Crippen LogP contribution in [-0.2, 0) is 23.7 Å². The quantitative estimate of drug-likeness (QED) is 0.0557. The van der Waals surface area contributed by atoms with Gasteiger partial charge in [0.05, 0.1) is 32.0 Å². The Kier molecular flexibility index (Phi) is 19.1. The van der Waals surface area contributed by atoms with Crippen molar-refractivity contribution in [1.82, 2.24) is 5.32 Å². The van der Waals surface area contributed by atoms with Crippen molar-refractivity contribution in [3.8, 4) is 0 Å². The van der Waals surface area contributed by atoms with E-state index in [0.717, 1.165) is 38.5 Å². The van der Waals surface area contributed by atoms with Gasteiger partial charge in [0.25, 0.3) is 0 Å². The molecular weight excluding hydrogens is 594 g/mol. The Morgan fingerprint density at radius 2 is 1.38 bits per heavy atom. The lowest BCUT2D eigenvalue weighted by Crippen LogP contribution is -2.65. The number of carbonyl (C=O) groups excluding carboxylic acids is 1. The number of aliphatic hydroxyl groups excluding tert-OH is 8. The number of unbranched alkanes of at least 4 members (excludes halogenated alkanes) is 8. The third kappa shape index (κ3) is 12.7. The Hall–Kier alpha value is -1.27. The molecule has 1 amide bonds. The average molecular weight is 652 g/mol. The second kappa shape index (κ2) is 21.6. The van der Waals surface area contributed by atoms with E-state index in [4.69, 9.17) is 18.9 Å². The highest BCUT2D eigenvalue weighted by molar-refractivity contribution is 5.76. The van der Waals surface area contributed by atoms with Crippen LogP contribution in [0.1, 0.15) is 84.5 Å². The van der Waals surface area contributed by atoms with Gasteiger partial charge < -0.3 is 65.1 Å². The molecule has 0 spiro atoms. The van der Waals surface area contributed by atoms with E-state index in [-0.39, 0.29) is 18.9 Å². The number of ether oxygens (including phenoxy) is 4. The van der Waals surface area contributed by atoms with Crippen molar-refractivity contribution in [3.63, 3.8) is 0 Å². The van der Waals surface area contributed by atoms with Crippen LogP contribution in [0.25, 0.3) is 0 Å². The van der Waals surface area contributed by atoms with Crippen LogP contribution >= 0.6 is 0 Å². The summed E-state index contributed by atoms with van der Waals surface area (Å²) in [6, 6.07) is -0.900. The van der Waals surface area contributed by atoms with Crippen LogP contribution in [0.4, 0.5) is 0 Å². The normalized spacial score (nSPS) is 33.7. The van der Waals surface area contributed by atoms with Gasteiger partial charge in [-0.1, -0.05) is 70.9 Å². The summed E-state index contributed by atoms with van der Waals surface area (Å²) in [4.78, 5) is 12.6. The van der Waals surface area contributed by atoms with Crippen molar-refractivity contribution in [2.24, 2.45) is 0 Å². The highest BCUT2D eigenvalue weighted by Crippen LogP contribution is 2.29. The summed E-state index contributed by atoms with van der Waals surface area (Å²) in [7, 11) is 0. The predicted octanol–water partition coefficient (Wildman–Crippen LogP) is -0.640. The van der Waals surface area contributed by atoms with Crippen molar-refractivity contribution in [3.05, 3.63) is 12.2 Å². The largest absolute Gasteiger partial charge is 0.394 e. The molecular formula is C31H57NO13. The number of carbonyl (C=O) groups is 1. The summed E-state index contributed by atoms with van der Waals surface area (Å²) in [5.41, 5.74) is 0. The van der Waals surface area contributed by atoms with Gasteiger partial charge in [-0.25, -0.2) is 0 Å². The van der Waals surface area contributed by atoms with Gasteiger partial charge in [-0.3, -0.25) is 4.79 Å².